The Hall–Kier alpha value is -0.980. The molecule has 0 fully saturated rings. The Morgan fingerprint density at radius 3 is 2.33 bits per heavy atom. The van der Waals surface area contributed by atoms with Gasteiger partial charge in [-0.2, -0.15) is 0 Å². The Balaban J connectivity index is 4.05. The summed E-state index contributed by atoms with van der Waals surface area (Å²) in [6, 6.07) is 0. The predicted molar refractivity (Wildman–Crippen MR) is 41.9 cm³/mol. The van der Waals surface area contributed by atoms with Gasteiger partial charge in [-0.3, -0.25) is 0 Å². The van der Waals surface area contributed by atoms with E-state index in [9.17, 15) is 0 Å². The molecule has 0 spiro atoms. The van der Waals surface area contributed by atoms with Crippen LogP contribution < -0.4 is 5.73 Å². The van der Waals surface area contributed by atoms with Gasteiger partial charge in [0.25, 0.3) is 0 Å². The number of hydrogen-bond donors (Lipinski definition) is 1. The van der Waals surface area contributed by atoms with Crippen molar-refractivity contribution < 1.29 is 0 Å². The highest BCUT2D eigenvalue weighted by Gasteiger charge is 1.78. The average molecular weight is 123 g/mol. The Morgan fingerprint density at radius 2 is 2.00 bits per heavy atom. The van der Waals surface area contributed by atoms with Crippen molar-refractivity contribution in [1.29, 1.82) is 0 Å². The fourth-order valence-corrected chi connectivity index (χ4v) is 0.518. The smallest absolute Gasteiger partial charge is 0.0313 e. The highest BCUT2D eigenvalue weighted by atomic mass is 14.5. The molecule has 0 aromatic carbocycles. The second kappa shape index (κ2) is 3.96. The van der Waals surface area contributed by atoms with Crippen LogP contribution in [-0.2, 0) is 0 Å². The molecule has 0 aromatic rings. The van der Waals surface area contributed by atoms with Gasteiger partial charge in [-0.05, 0) is 26.0 Å². The van der Waals surface area contributed by atoms with E-state index < -0.39 is 0 Å². The lowest BCUT2D eigenvalue weighted by Crippen LogP contribution is -1.91. The van der Waals surface area contributed by atoms with Crippen LogP contribution >= 0.6 is 0 Å². The van der Waals surface area contributed by atoms with E-state index in [1.807, 2.05) is 19.9 Å². The van der Waals surface area contributed by atoms with Gasteiger partial charge in [0.2, 0.25) is 0 Å². The quantitative estimate of drug-likeness (QED) is 0.558. The van der Waals surface area contributed by atoms with E-state index in [1.165, 1.54) is 5.57 Å². The molecule has 0 amide bonds. The summed E-state index contributed by atoms with van der Waals surface area (Å²) in [7, 11) is 0. The molecule has 0 aromatic heterocycles. The molecule has 0 saturated heterocycles. The standard InChI is InChI=1S/C8H13N/c1-4-5-8(9)6-7(2)3/h4-6H,1,9H2,2-3H3/b8-5+. The minimum Gasteiger partial charge on any atom is -0.399 e. The zero-order valence-corrected chi connectivity index (χ0v) is 6.02. The fourth-order valence-electron chi connectivity index (χ4n) is 0.518. The molecule has 0 aliphatic heterocycles. The molecule has 0 heterocycles. The third-order valence-electron chi connectivity index (χ3n) is 0.766. The molecule has 1 nitrogen and oxygen atoms in total. The number of nitrogens with two attached hydrogens (primary N) is 1. The largest absolute Gasteiger partial charge is 0.399 e. The third-order valence-corrected chi connectivity index (χ3v) is 0.766. The molecule has 0 rings (SSSR count). The van der Waals surface area contributed by atoms with Gasteiger partial charge in [-0.25, -0.2) is 0 Å². The molecule has 0 unspecified atom stereocenters. The maximum atomic E-state index is 5.50. The summed E-state index contributed by atoms with van der Waals surface area (Å²) in [4.78, 5) is 0. The van der Waals surface area contributed by atoms with Crippen LogP contribution in [0.2, 0.25) is 0 Å². The summed E-state index contributed by atoms with van der Waals surface area (Å²) >= 11 is 0. The second-order valence-corrected chi connectivity index (χ2v) is 2.12. The first-order valence-corrected chi connectivity index (χ1v) is 2.90. The molecule has 0 saturated carbocycles. The van der Waals surface area contributed by atoms with E-state index in [0.717, 1.165) is 5.70 Å². The van der Waals surface area contributed by atoms with E-state index in [0.29, 0.717) is 0 Å². The minimum absolute atomic E-state index is 0.755. The number of allylic oxidation sites excluding steroid dienone is 4. The number of hydrogen-bond acceptors (Lipinski definition) is 1. The summed E-state index contributed by atoms with van der Waals surface area (Å²) in [5.74, 6) is 0. The van der Waals surface area contributed by atoms with Crippen molar-refractivity contribution in [2.45, 2.75) is 13.8 Å². The highest BCUT2D eigenvalue weighted by Crippen LogP contribution is 1.94. The van der Waals surface area contributed by atoms with Gasteiger partial charge >= 0.3 is 0 Å². The first kappa shape index (κ1) is 8.02. The summed E-state index contributed by atoms with van der Waals surface area (Å²) in [5.41, 5.74) is 7.45. The molecule has 0 radical (unpaired) electrons. The highest BCUT2D eigenvalue weighted by molar-refractivity contribution is 5.21. The summed E-state index contributed by atoms with van der Waals surface area (Å²) < 4.78 is 0. The molecule has 0 aliphatic rings. The molecule has 0 bridgehead atoms. The van der Waals surface area contributed by atoms with E-state index in [4.69, 9.17) is 5.73 Å². The fraction of sp³-hybridized carbons (Fsp3) is 0.250. The van der Waals surface area contributed by atoms with E-state index in [1.54, 1.807) is 12.2 Å². The first-order valence-electron chi connectivity index (χ1n) is 2.90. The van der Waals surface area contributed by atoms with E-state index >= 15 is 0 Å². The minimum atomic E-state index is 0.755. The van der Waals surface area contributed by atoms with Crippen LogP contribution in [0.5, 0.6) is 0 Å². The third kappa shape index (κ3) is 4.88. The van der Waals surface area contributed by atoms with Crippen molar-refractivity contribution in [3.05, 3.63) is 36.1 Å². The summed E-state index contributed by atoms with van der Waals surface area (Å²) in [5, 5.41) is 0. The van der Waals surface area contributed by atoms with Crippen molar-refractivity contribution in [2.24, 2.45) is 5.73 Å². The van der Waals surface area contributed by atoms with Gasteiger partial charge < -0.3 is 5.73 Å². The molecule has 0 aliphatic carbocycles. The van der Waals surface area contributed by atoms with Crippen LogP contribution in [0.4, 0.5) is 0 Å². The van der Waals surface area contributed by atoms with E-state index in [-0.39, 0.29) is 0 Å². The summed E-state index contributed by atoms with van der Waals surface area (Å²) in [6.45, 7) is 7.53. The van der Waals surface area contributed by atoms with Crippen LogP contribution in [-0.4, -0.2) is 0 Å². The molecular weight excluding hydrogens is 110 g/mol. The van der Waals surface area contributed by atoms with Crippen LogP contribution in [0.1, 0.15) is 13.8 Å². The van der Waals surface area contributed by atoms with Gasteiger partial charge in [0.05, 0.1) is 0 Å². The molecule has 2 N–H and O–H groups in total. The van der Waals surface area contributed by atoms with Crippen molar-refractivity contribution in [3.8, 4) is 0 Å². The normalized spacial score (nSPS) is 10.7. The lowest BCUT2D eigenvalue weighted by Gasteiger charge is -1.89. The lowest BCUT2D eigenvalue weighted by atomic mass is 10.2. The Morgan fingerprint density at radius 1 is 1.44 bits per heavy atom. The van der Waals surface area contributed by atoms with Crippen LogP contribution in [0, 0.1) is 0 Å². The zero-order valence-electron chi connectivity index (χ0n) is 6.02. The van der Waals surface area contributed by atoms with Crippen molar-refractivity contribution in [3.63, 3.8) is 0 Å². The van der Waals surface area contributed by atoms with Crippen molar-refractivity contribution in [2.75, 3.05) is 0 Å². The maximum absolute atomic E-state index is 5.50. The molecule has 9 heavy (non-hydrogen) atoms. The van der Waals surface area contributed by atoms with Gasteiger partial charge in [0.15, 0.2) is 0 Å². The zero-order chi connectivity index (χ0) is 7.28. The molecular formula is C8H13N. The first-order chi connectivity index (χ1) is 4.16. The molecule has 1 heteroatoms. The van der Waals surface area contributed by atoms with Gasteiger partial charge in [0.1, 0.15) is 0 Å². The number of rotatable bonds is 2. The SMILES string of the molecule is C=C/C=C(/N)C=C(C)C. The molecule has 50 valence electrons. The summed E-state index contributed by atoms with van der Waals surface area (Å²) in [6.07, 6.45) is 5.35. The van der Waals surface area contributed by atoms with Crippen LogP contribution in [0.15, 0.2) is 36.1 Å². The van der Waals surface area contributed by atoms with Gasteiger partial charge in [-0.1, -0.05) is 18.2 Å². The van der Waals surface area contributed by atoms with E-state index in [2.05, 4.69) is 6.58 Å². The second-order valence-electron chi connectivity index (χ2n) is 2.12. The van der Waals surface area contributed by atoms with Crippen LogP contribution in [0.3, 0.4) is 0 Å². The monoisotopic (exact) mass is 123 g/mol. The van der Waals surface area contributed by atoms with Crippen molar-refractivity contribution >= 4 is 0 Å². The lowest BCUT2D eigenvalue weighted by molar-refractivity contribution is 1.32. The topological polar surface area (TPSA) is 26.0 Å². The predicted octanol–water partition coefficient (Wildman–Crippen LogP) is 1.98. The van der Waals surface area contributed by atoms with Crippen molar-refractivity contribution in [1.82, 2.24) is 0 Å². The van der Waals surface area contributed by atoms with Gasteiger partial charge in [0, 0.05) is 5.70 Å². The average Bonchev–Trinajstić information content (AvgIpc) is 1.63. The molecule has 0 atom stereocenters. The maximum Gasteiger partial charge on any atom is 0.0313 e. The Kier molecular flexibility index (Phi) is 3.52. The van der Waals surface area contributed by atoms with Gasteiger partial charge in [-0.15, -0.1) is 0 Å². The van der Waals surface area contributed by atoms with Crippen LogP contribution in [0.25, 0.3) is 0 Å². The Labute approximate surface area is 56.6 Å². The Bertz CT molecular complexity index is 148.